The lowest BCUT2D eigenvalue weighted by Crippen LogP contribution is -2.22. The van der Waals surface area contributed by atoms with Crippen LogP contribution in [0.3, 0.4) is 0 Å². The zero-order chi connectivity index (χ0) is 19.2. The summed E-state index contributed by atoms with van der Waals surface area (Å²) in [6.07, 6.45) is 1.48. The van der Waals surface area contributed by atoms with Gasteiger partial charge in [0.05, 0.1) is 16.5 Å². The van der Waals surface area contributed by atoms with Crippen molar-refractivity contribution in [3.8, 4) is 11.3 Å². The number of benzene rings is 2. The van der Waals surface area contributed by atoms with Crippen molar-refractivity contribution >= 4 is 29.3 Å². The lowest BCUT2D eigenvalue weighted by molar-refractivity contribution is -0.115. The molecule has 3 aromatic rings. The number of carboxylic acid groups (broad SMARTS) is 1. The lowest BCUT2D eigenvalue weighted by Gasteiger charge is -2.12. The monoisotopic (exact) mass is 379 g/mol. The molecule has 7 heteroatoms. The third-order valence-electron chi connectivity index (χ3n) is 3.76. The SMILES string of the molecule is CC(Sc1cc(-c2ccccc2)ncn1)C(=O)Nc1cccc(C(=O)O)c1. The largest absolute Gasteiger partial charge is 0.478 e. The normalized spacial score (nSPS) is 11.6. The van der Waals surface area contributed by atoms with E-state index in [1.165, 1.54) is 30.2 Å². The number of thioether (sulfide) groups is 1. The summed E-state index contributed by atoms with van der Waals surface area (Å²) < 4.78 is 0. The Morgan fingerprint density at radius 2 is 1.81 bits per heavy atom. The van der Waals surface area contributed by atoms with Crippen molar-refractivity contribution in [2.75, 3.05) is 5.32 Å². The van der Waals surface area contributed by atoms with Gasteiger partial charge in [-0.25, -0.2) is 14.8 Å². The van der Waals surface area contributed by atoms with Crippen LogP contribution in [0.5, 0.6) is 0 Å². The van der Waals surface area contributed by atoms with Gasteiger partial charge in [0.2, 0.25) is 5.91 Å². The van der Waals surface area contributed by atoms with Crippen LogP contribution in [-0.4, -0.2) is 32.2 Å². The van der Waals surface area contributed by atoms with E-state index in [0.717, 1.165) is 11.3 Å². The molecule has 6 nitrogen and oxygen atoms in total. The molecule has 0 aliphatic carbocycles. The van der Waals surface area contributed by atoms with Gasteiger partial charge in [0.15, 0.2) is 0 Å². The summed E-state index contributed by atoms with van der Waals surface area (Å²) >= 11 is 1.31. The number of nitrogens with zero attached hydrogens (tertiary/aromatic N) is 2. The molecule has 1 atom stereocenters. The third-order valence-corrected chi connectivity index (χ3v) is 4.79. The van der Waals surface area contributed by atoms with Crippen molar-refractivity contribution in [3.05, 3.63) is 72.6 Å². The first-order chi connectivity index (χ1) is 13.0. The van der Waals surface area contributed by atoms with Gasteiger partial charge in [0.25, 0.3) is 0 Å². The molecule has 0 saturated heterocycles. The summed E-state index contributed by atoms with van der Waals surface area (Å²) in [5.74, 6) is -1.27. The predicted octanol–water partition coefficient (Wildman–Crippen LogP) is 3.96. The Hall–Kier alpha value is -3.19. The Balaban J connectivity index is 1.68. The average Bonchev–Trinajstić information content (AvgIpc) is 2.69. The summed E-state index contributed by atoms with van der Waals surface area (Å²) in [4.78, 5) is 32.0. The molecule has 0 spiro atoms. The summed E-state index contributed by atoms with van der Waals surface area (Å²) in [5, 5.41) is 12.0. The van der Waals surface area contributed by atoms with E-state index < -0.39 is 11.2 Å². The molecule has 1 aromatic heterocycles. The maximum absolute atomic E-state index is 12.4. The van der Waals surface area contributed by atoms with Gasteiger partial charge < -0.3 is 10.4 Å². The maximum atomic E-state index is 12.4. The number of carboxylic acids is 1. The fourth-order valence-electron chi connectivity index (χ4n) is 2.38. The molecule has 0 aliphatic heterocycles. The number of carbonyl (C=O) groups excluding carboxylic acids is 1. The van der Waals surface area contributed by atoms with E-state index in [1.807, 2.05) is 36.4 Å². The molecule has 1 amide bonds. The first-order valence-corrected chi connectivity index (χ1v) is 9.09. The number of hydrogen-bond acceptors (Lipinski definition) is 5. The van der Waals surface area contributed by atoms with Crippen LogP contribution in [0.1, 0.15) is 17.3 Å². The number of hydrogen-bond donors (Lipinski definition) is 2. The Morgan fingerprint density at radius 3 is 2.56 bits per heavy atom. The number of anilines is 1. The number of carbonyl (C=O) groups is 2. The number of rotatable bonds is 6. The van der Waals surface area contributed by atoms with Crippen LogP contribution in [0.25, 0.3) is 11.3 Å². The molecular formula is C20H17N3O3S. The van der Waals surface area contributed by atoms with Crippen molar-refractivity contribution in [1.29, 1.82) is 0 Å². The van der Waals surface area contributed by atoms with Gasteiger partial charge in [-0.3, -0.25) is 4.79 Å². The quantitative estimate of drug-likeness (QED) is 0.497. The van der Waals surface area contributed by atoms with Gasteiger partial charge in [-0.15, -0.1) is 0 Å². The number of amides is 1. The molecular weight excluding hydrogens is 362 g/mol. The highest BCUT2D eigenvalue weighted by Crippen LogP contribution is 2.25. The molecule has 2 N–H and O–H groups in total. The summed E-state index contributed by atoms with van der Waals surface area (Å²) in [6.45, 7) is 1.77. The molecule has 1 heterocycles. The van der Waals surface area contributed by atoms with Crippen LogP contribution in [0.15, 0.2) is 72.0 Å². The van der Waals surface area contributed by atoms with Crippen LogP contribution in [0.2, 0.25) is 0 Å². The van der Waals surface area contributed by atoms with Crippen molar-refractivity contribution in [2.45, 2.75) is 17.2 Å². The van der Waals surface area contributed by atoms with E-state index in [9.17, 15) is 9.59 Å². The Labute approximate surface area is 160 Å². The van der Waals surface area contributed by atoms with Crippen LogP contribution in [-0.2, 0) is 4.79 Å². The minimum absolute atomic E-state index is 0.122. The zero-order valence-corrected chi connectivity index (χ0v) is 15.3. The lowest BCUT2D eigenvalue weighted by atomic mass is 10.1. The van der Waals surface area contributed by atoms with Crippen molar-refractivity contribution in [1.82, 2.24) is 9.97 Å². The Kier molecular flexibility index (Phi) is 5.83. The maximum Gasteiger partial charge on any atom is 0.335 e. The topological polar surface area (TPSA) is 92.2 Å². The number of aromatic nitrogens is 2. The molecule has 0 radical (unpaired) electrons. The molecule has 27 heavy (non-hydrogen) atoms. The highest BCUT2D eigenvalue weighted by molar-refractivity contribution is 8.00. The molecule has 0 bridgehead atoms. The second-order valence-corrected chi connectivity index (χ2v) is 7.10. The van der Waals surface area contributed by atoms with Gasteiger partial charge in [0.1, 0.15) is 11.4 Å². The average molecular weight is 379 g/mol. The second kappa shape index (κ2) is 8.46. The van der Waals surface area contributed by atoms with Gasteiger partial charge in [-0.2, -0.15) is 0 Å². The fourth-order valence-corrected chi connectivity index (χ4v) is 3.20. The number of nitrogens with one attached hydrogen (secondary N) is 1. The van der Waals surface area contributed by atoms with E-state index >= 15 is 0 Å². The van der Waals surface area contributed by atoms with Gasteiger partial charge in [0, 0.05) is 11.3 Å². The smallest absolute Gasteiger partial charge is 0.335 e. The molecule has 3 rings (SSSR count). The molecule has 0 saturated carbocycles. The van der Waals surface area contributed by atoms with E-state index in [0.29, 0.717) is 10.7 Å². The van der Waals surface area contributed by atoms with Gasteiger partial charge >= 0.3 is 5.97 Å². The van der Waals surface area contributed by atoms with E-state index in [4.69, 9.17) is 5.11 Å². The van der Waals surface area contributed by atoms with E-state index in [2.05, 4.69) is 15.3 Å². The highest BCUT2D eigenvalue weighted by atomic mass is 32.2. The summed E-state index contributed by atoms with van der Waals surface area (Å²) in [6, 6.07) is 17.7. The summed E-state index contributed by atoms with van der Waals surface area (Å²) in [5.41, 5.74) is 2.33. The van der Waals surface area contributed by atoms with Crippen molar-refractivity contribution in [3.63, 3.8) is 0 Å². The van der Waals surface area contributed by atoms with E-state index in [1.54, 1.807) is 19.1 Å². The van der Waals surface area contributed by atoms with Crippen molar-refractivity contribution < 1.29 is 14.7 Å². The standard InChI is InChI=1S/C20H17N3O3S/c1-13(19(24)23-16-9-5-8-15(10-16)20(25)26)27-18-11-17(21-12-22-18)14-6-3-2-4-7-14/h2-13H,1H3,(H,23,24)(H,25,26). The molecule has 2 aromatic carbocycles. The predicted molar refractivity (Wildman–Crippen MR) is 105 cm³/mol. The van der Waals surface area contributed by atoms with Gasteiger partial charge in [-0.1, -0.05) is 48.2 Å². The molecule has 136 valence electrons. The first kappa shape index (κ1) is 18.6. The zero-order valence-electron chi connectivity index (χ0n) is 14.5. The Morgan fingerprint density at radius 1 is 1.04 bits per heavy atom. The molecule has 0 fully saturated rings. The number of aromatic carboxylic acids is 1. The van der Waals surface area contributed by atoms with Crippen LogP contribution in [0, 0.1) is 0 Å². The van der Waals surface area contributed by atoms with E-state index in [-0.39, 0.29) is 11.5 Å². The van der Waals surface area contributed by atoms with Crippen LogP contribution in [0.4, 0.5) is 5.69 Å². The minimum atomic E-state index is -1.04. The first-order valence-electron chi connectivity index (χ1n) is 8.21. The minimum Gasteiger partial charge on any atom is -0.478 e. The fraction of sp³-hybridized carbons (Fsp3) is 0.100. The van der Waals surface area contributed by atoms with Crippen molar-refractivity contribution in [2.24, 2.45) is 0 Å². The second-order valence-electron chi connectivity index (χ2n) is 5.74. The van der Waals surface area contributed by atoms with Crippen LogP contribution >= 0.6 is 11.8 Å². The van der Waals surface area contributed by atoms with Crippen LogP contribution < -0.4 is 5.32 Å². The van der Waals surface area contributed by atoms with Gasteiger partial charge in [-0.05, 0) is 31.2 Å². The third kappa shape index (κ3) is 4.92. The summed E-state index contributed by atoms with van der Waals surface area (Å²) in [7, 11) is 0. The highest BCUT2D eigenvalue weighted by Gasteiger charge is 2.16. The Bertz CT molecular complexity index is 963. The molecule has 1 unspecified atom stereocenters. The molecule has 0 aliphatic rings.